The number of carbonyl (C=O) groups is 4. The molecule has 7 heteroatoms. The lowest BCUT2D eigenvalue weighted by Crippen LogP contribution is -1.95. The van der Waals surface area contributed by atoms with Gasteiger partial charge in [-0.3, -0.25) is 14.4 Å². The standard InChI is InChI=1S/C14H26O2.C14H2.C10H20O2.C10H2.C6H14O2.C4H8O/c1-3-13(15)11-9-7-5-6-8-10-12-14(16)4-2;1-3-5-7-9-11-13-14-12-10-8-6-4-2;1-2-10(12)8-6-4-3-5-7-9-11;1-3-5-7-9-10-8-6-4-2;7-5-3-1-2-4-6-8;1-3-4(2)5/h3-12H2,1-2H3;1-2H;11H,2-9H2,1H3;1-2H;7-8H,1-6H2;3H2,1-2H3. The molecule has 0 amide bonds. The van der Waals surface area contributed by atoms with Gasteiger partial charge in [-0.1, -0.05) is 85.5 Å². The predicted molar refractivity (Wildman–Crippen MR) is 269 cm³/mol. The van der Waals surface area contributed by atoms with E-state index in [-0.39, 0.29) is 19.0 Å². The van der Waals surface area contributed by atoms with Crippen LogP contribution in [-0.2, 0) is 19.2 Å². The van der Waals surface area contributed by atoms with Crippen molar-refractivity contribution in [2.45, 2.75) is 176 Å². The van der Waals surface area contributed by atoms with Gasteiger partial charge in [0.15, 0.2) is 0 Å². The summed E-state index contributed by atoms with van der Waals surface area (Å²) >= 11 is 0. The molecule has 0 heterocycles. The van der Waals surface area contributed by atoms with Crippen molar-refractivity contribution in [2.24, 2.45) is 0 Å². The zero-order chi connectivity index (χ0) is 50.1. The van der Waals surface area contributed by atoms with Crippen molar-refractivity contribution in [1.29, 1.82) is 0 Å². The summed E-state index contributed by atoms with van der Waals surface area (Å²) in [6.45, 7) is 10.1. The molecule has 0 aromatic heterocycles. The first-order valence-electron chi connectivity index (χ1n) is 22.2. The molecule has 0 rings (SSSR count). The van der Waals surface area contributed by atoms with E-state index in [2.05, 4.69) is 118 Å². The molecule has 0 atom stereocenters. The van der Waals surface area contributed by atoms with E-state index in [4.69, 9.17) is 41.0 Å². The summed E-state index contributed by atoms with van der Waals surface area (Å²) in [6.07, 6.45) is 40.2. The van der Waals surface area contributed by atoms with E-state index in [1.165, 1.54) is 12.8 Å². The molecule has 7 nitrogen and oxygen atoms in total. The number of rotatable bonds is 25. The van der Waals surface area contributed by atoms with Crippen molar-refractivity contribution < 1.29 is 34.5 Å². The molecule has 0 aliphatic carbocycles. The number of hydrogen-bond acceptors (Lipinski definition) is 7. The first-order valence-corrected chi connectivity index (χ1v) is 22.2. The van der Waals surface area contributed by atoms with Gasteiger partial charge in [-0.2, -0.15) is 0 Å². The Morgan fingerprint density at radius 1 is 0.308 bits per heavy atom. The van der Waals surface area contributed by atoms with Crippen molar-refractivity contribution in [3.05, 3.63) is 0 Å². The maximum atomic E-state index is 11.0. The maximum Gasteiger partial charge on any atom is 0.132 e. The van der Waals surface area contributed by atoms with Crippen LogP contribution in [0.5, 0.6) is 0 Å². The van der Waals surface area contributed by atoms with Crippen molar-refractivity contribution in [2.75, 3.05) is 19.8 Å². The topological polar surface area (TPSA) is 129 Å². The van der Waals surface area contributed by atoms with E-state index in [9.17, 15) is 19.2 Å². The van der Waals surface area contributed by atoms with Gasteiger partial charge in [-0.15, -0.1) is 25.7 Å². The minimum Gasteiger partial charge on any atom is -0.396 e. The molecule has 0 unspecified atom stereocenters. The van der Waals surface area contributed by atoms with Gasteiger partial charge in [0.2, 0.25) is 0 Å². The average molecular weight is 881 g/mol. The van der Waals surface area contributed by atoms with Gasteiger partial charge in [-0.25, -0.2) is 0 Å². The van der Waals surface area contributed by atoms with Gasteiger partial charge in [-0.05, 0) is 164 Å². The molecule has 0 aliphatic rings. The Morgan fingerprint density at radius 3 is 0.631 bits per heavy atom. The lowest BCUT2D eigenvalue weighted by Gasteiger charge is -2.01. The Kier molecular flexibility index (Phi) is 77.2. The Labute approximate surface area is 396 Å². The molecule has 0 saturated carbocycles. The quantitative estimate of drug-likeness (QED) is 0.0621. The summed E-state index contributed by atoms with van der Waals surface area (Å²) < 4.78 is 0. The van der Waals surface area contributed by atoms with Crippen molar-refractivity contribution in [1.82, 2.24) is 0 Å². The van der Waals surface area contributed by atoms with Crippen molar-refractivity contribution in [3.8, 4) is 144 Å². The molecule has 0 aliphatic heterocycles. The number of hydrogen-bond donors (Lipinski definition) is 3. The predicted octanol–water partition coefficient (Wildman–Crippen LogP) is 8.41. The SMILES string of the molecule is C#CC#CC#CC#CC#C.C#CC#CC#CC#CC#CC#CC#C.CCC(=O)CCCCCCCCC(=O)CC.CCC(=O)CCCCCCCO.CCC(C)=O.OCCCCCCO. The Bertz CT molecular complexity index is 1830. The second kappa shape index (κ2) is 71.8. The maximum absolute atomic E-state index is 11.0. The molecule has 0 radical (unpaired) electrons. The molecule has 0 aromatic carbocycles. The largest absolute Gasteiger partial charge is 0.396 e. The molecule has 346 valence electrons. The van der Waals surface area contributed by atoms with Crippen LogP contribution in [0.4, 0.5) is 0 Å². The molecule has 0 bridgehead atoms. The smallest absolute Gasteiger partial charge is 0.132 e. The minimum absolute atomic E-state index is 0.255. The Balaban J connectivity index is -0.000000165. The summed E-state index contributed by atoms with van der Waals surface area (Å²) in [5.41, 5.74) is 0. The summed E-state index contributed by atoms with van der Waals surface area (Å²) in [6, 6.07) is 0. The van der Waals surface area contributed by atoms with Crippen LogP contribution in [0.3, 0.4) is 0 Å². The summed E-state index contributed by atoms with van der Waals surface area (Å²) in [5, 5.41) is 25.1. The Hall–Kier alpha value is -6.72. The highest BCUT2D eigenvalue weighted by atomic mass is 16.3. The van der Waals surface area contributed by atoms with E-state index in [1.807, 2.05) is 27.7 Å². The highest BCUT2D eigenvalue weighted by molar-refractivity contribution is 5.78. The fourth-order valence-corrected chi connectivity index (χ4v) is 3.94. The van der Waals surface area contributed by atoms with E-state index in [1.54, 1.807) is 6.92 Å². The molecular weight excluding hydrogens is 809 g/mol. The third kappa shape index (κ3) is 93.4. The second-order valence-corrected chi connectivity index (χ2v) is 13.0. The number of ketones is 4. The van der Waals surface area contributed by atoms with Crippen LogP contribution >= 0.6 is 0 Å². The van der Waals surface area contributed by atoms with E-state index in [0.717, 1.165) is 103 Å². The van der Waals surface area contributed by atoms with Gasteiger partial charge in [0.05, 0.1) is 0 Å². The second-order valence-electron chi connectivity index (χ2n) is 13.0. The lowest BCUT2D eigenvalue weighted by molar-refractivity contribution is -0.119. The highest BCUT2D eigenvalue weighted by Gasteiger charge is 2.00. The average Bonchev–Trinajstić information content (AvgIpc) is 3.32. The van der Waals surface area contributed by atoms with E-state index < -0.39 is 0 Å². The monoisotopic (exact) mass is 881 g/mol. The Morgan fingerprint density at radius 2 is 0.477 bits per heavy atom. The van der Waals surface area contributed by atoms with Crippen molar-refractivity contribution >= 4 is 23.1 Å². The van der Waals surface area contributed by atoms with Crippen LogP contribution in [-0.4, -0.2) is 58.3 Å². The lowest BCUT2D eigenvalue weighted by atomic mass is 10.0. The zero-order valence-corrected chi connectivity index (χ0v) is 40.0. The van der Waals surface area contributed by atoms with Crippen molar-refractivity contribution in [3.63, 3.8) is 0 Å². The number of unbranched alkanes of at least 4 members (excludes halogenated alkanes) is 12. The van der Waals surface area contributed by atoms with Crippen LogP contribution in [0.1, 0.15) is 176 Å². The van der Waals surface area contributed by atoms with Crippen LogP contribution in [0.2, 0.25) is 0 Å². The molecule has 0 saturated heterocycles. The summed E-state index contributed by atoms with van der Waals surface area (Å²) in [5.74, 6) is 48.1. The zero-order valence-electron chi connectivity index (χ0n) is 40.0. The third-order valence-corrected chi connectivity index (χ3v) is 7.69. The first kappa shape index (κ1) is 70.0. The molecule has 3 N–H and O–H groups in total. The van der Waals surface area contributed by atoms with Crippen LogP contribution in [0.25, 0.3) is 0 Å². The van der Waals surface area contributed by atoms with E-state index >= 15 is 0 Å². The van der Waals surface area contributed by atoms with Crippen LogP contribution in [0.15, 0.2) is 0 Å². The number of terminal acetylenes is 4. The molecule has 65 heavy (non-hydrogen) atoms. The normalized spacial score (nSPS) is 7.51. The van der Waals surface area contributed by atoms with Gasteiger partial charge in [0.1, 0.15) is 23.1 Å². The highest BCUT2D eigenvalue weighted by Crippen LogP contribution is 2.10. The number of aliphatic hydroxyl groups is 3. The van der Waals surface area contributed by atoms with Crippen LogP contribution in [0, 0.1) is 144 Å². The van der Waals surface area contributed by atoms with Crippen LogP contribution < -0.4 is 0 Å². The fraction of sp³-hybridized carbons (Fsp3) is 0.517. The molecule has 0 fully saturated rings. The first-order chi connectivity index (χ1) is 31.5. The van der Waals surface area contributed by atoms with Gasteiger partial charge >= 0.3 is 0 Å². The number of aliphatic hydroxyl groups excluding tert-OH is 3. The fourth-order valence-electron chi connectivity index (χ4n) is 3.94. The van der Waals surface area contributed by atoms with Gasteiger partial charge in [0.25, 0.3) is 0 Å². The third-order valence-electron chi connectivity index (χ3n) is 7.69. The van der Waals surface area contributed by atoms with Gasteiger partial charge in [0, 0.05) is 64.8 Å². The minimum atomic E-state index is 0.255. The molecule has 0 aromatic rings. The summed E-state index contributed by atoms with van der Waals surface area (Å²) in [7, 11) is 0. The number of Topliss-reactive ketones (excluding diaryl/α,β-unsaturated/α-hetero) is 4. The molecule has 0 spiro atoms. The van der Waals surface area contributed by atoms with E-state index in [0.29, 0.717) is 49.6 Å². The van der Waals surface area contributed by atoms with Gasteiger partial charge < -0.3 is 20.1 Å². The summed E-state index contributed by atoms with van der Waals surface area (Å²) in [4.78, 5) is 42.7. The number of carbonyl (C=O) groups excluding carboxylic acids is 4. The molecular formula is C58H72O7.